The summed E-state index contributed by atoms with van der Waals surface area (Å²) in [5.74, 6) is 0.835. The topological polar surface area (TPSA) is 61.2 Å². The zero-order valence-electron chi connectivity index (χ0n) is 18.0. The number of para-hydroxylation sites is 1. The van der Waals surface area contributed by atoms with Gasteiger partial charge in [-0.25, -0.2) is 8.42 Å². The maximum absolute atomic E-state index is 13.9. The molecule has 172 valence electrons. The van der Waals surface area contributed by atoms with Crippen LogP contribution in [0.4, 0.5) is 0 Å². The Kier molecular flexibility index (Phi) is 6.21. The number of sulfone groups is 1. The van der Waals surface area contributed by atoms with E-state index in [4.69, 9.17) is 27.9 Å². The third-order valence-electron chi connectivity index (χ3n) is 5.57. The molecule has 0 aliphatic heterocycles. The first kappa shape index (κ1) is 22.7. The Morgan fingerprint density at radius 3 is 2.35 bits per heavy atom. The van der Waals surface area contributed by atoms with Crippen molar-refractivity contribution in [3.8, 4) is 5.75 Å². The number of ether oxygens (including phenoxy) is 1. The summed E-state index contributed by atoms with van der Waals surface area (Å²) in [4.78, 5) is 0.218. The first-order chi connectivity index (χ1) is 16.5. The van der Waals surface area contributed by atoms with Gasteiger partial charge in [0, 0.05) is 15.8 Å². The molecule has 5 rings (SSSR count). The molecule has 0 atom stereocenters. The number of hydrogen-bond acceptors (Lipinski definition) is 4. The number of halogens is 2. The molecule has 34 heavy (non-hydrogen) atoms. The van der Waals surface area contributed by atoms with E-state index < -0.39 is 9.84 Å². The van der Waals surface area contributed by atoms with Gasteiger partial charge in [-0.15, -0.1) is 11.6 Å². The van der Waals surface area contributed by atoms with Crippen molar-refractivity contribution < 1.29 is 13.2 Å². The van der Waals surface area contributed by atoms with Crippen LogP contribution >= 0.6 is 23.2 Å². The van der Waals surface area contributed by atoms with Crippen LogP contribution in [0.25, 0.3) is 21.7 Å². The number of hydrogen-bond donors (Lipinski definition) is 0. The quantitative estimate of drug-likeness (QED) is 0.239. The standard InChI is InChI=1S/C26H20Cl2N2O3S/c27-15-16-33-23-9-4-8-22-25(23)30(17-18-11-13-20(28)14-12-18)29-26(22)34(31,32)24-10-3-6-19-5-1-2-7-21(19)24/h1-14H,15-17H2. The fraction of sp³-hybridized carbons (Fsp3) is 0.115. The van der Waals surface area contributed by atoms with Gasteiger partial charge < -0.3 is 4.74 Å². The van der Waals surface area contributed by atoms with Crippen molar-refractivity contribution in [3.05, 3.63) is 95.5 Å². The molecule has 0 saturated carbocycles. The Bertz CT molecular complexity index is 1590. The van der Waals surface area contributed by atoms with E-state index in [1.165, 1.54) is 0 Å². The Hall–Kier alpha value is -3.06. The molecule has 8 heteroatoms. The lowest BCUT2D eigenvalue weighted by Crippen LogP contribution is -2.07. The lowest BCUT2D eigenvalue weighted by molar-refractivity contribution is 0.345. The Morgan fingerprint density at radius 1 is 0.853 bits per heavy atom. The number of rotatable bonds is 7. The van der Waals surface area contributed by atoms with E-state index in [1.54, 1.807) is 47.1 Å². The van der Waals surface area contributed by atoms with Crippen LogP contribution in [0.2, 0.25) is 5.02 Å². The summed E-state index contributed by atoms with van der Waals surface area (Å²) in [5, 5.41) is 7.22. The van der Waals surface area contributed by atoms with Gasteiger partial charge in [0.2, 0.25) is 9.84 Å². The minimum Gasteiger partial charge on any atom is -0.490 e. The van der Waals surface area contributed by atoms with Gasteiger partial charge in [-0.05, 0) is 41.3 Å². The van der Waals surface area contributed by atoms with Gasteiger partial charge in [-0.2, -0.15) is 5.10 Å². The summed E-state index contributed by atoms with van der Waals surface area (Å²) in [6, 6.07) is 25.4. The molecular weight excluding hydrogens is 491 g/mol. The number of aromatic nitrogens is 2. The van der Waals surface area contributed by atoms with Crippen molar-refractivity contribution in [1.29, 1.82) is 0 Å². The molecule has 0 fully saturated rings. The largest absolute Gasteiger partial charge is 0.490 e. The molecule has 0 unspecified atom stereocenters. The molecule has 5 aromatic rings. The first-order valence-electron chi connectivity index (χ1n) is 10.6. The minimum atomic E-state index is -3.94. The summed E-state index contributed by atoms with van der Waals surface area (Å²) >= 11 is 11.9. The highest BCUT2D eigenvalue weighted by molar-refractivity contribution is 7.91. The summed E-state index contributed by atoms with van der Waals surface area (Å²) in [5.41, 5.74) is 1.52. The van der Waals surface area contributed by atoms with Crippen molar-refractivity contribution >= 4 is 54.7 Å². The highest BCUT2D eigenvalue weighted by Gasteiger charge is 2.28. The van der Waals surface area contributed by atoms with E-state index in [-0.39, 0.29) is 16.5 Å². The number of nitrogens with zero attached hydrogens (tertiary/aromatic N) is 2. The highest BCUT2D eigenvalue weighted by Crippen LogP contribution is 2.35. The van der Waals surface area contributed by atoms with E-state index in [1.807, 2.05) is 42.5 Å². The monoisotopic (exact) mass is 510 g/mol. The van der Waals surface area contributed by atoms with Crippen LogP contribution < -0.4 is 4.74 Å². The molecule has 4 aromatic carbocycles. The SMILES string of the molecule is O=S(=O)(c1cccc2ccccc12)c1nn(Cc2ccc(Cl)cc2)c2c(OCCCl)cccc12. The molecule has 0 N–H and O–H groups in total. The van der Waals surface area contributed by atoms with E-state index >= 15 is 0 Å². The summed E-state index contributed by atoms with van der Waals surface area (Å²) in [6.07, 6.45) is 0. The Morgan fingerprint density at radius 2 is 1.56 bits per heavy atom. The molecule has 1 heterocycles. The van der Waals surface area contributed by atoms with E-state index in [0.29, 0.717) is 39.5 Å². The van der Waals surface area contributed by atoms with Crippen molar-refractivity contribution in [2.45, 2.75) is 16.5 Å². The van der Waals surface area contributed by atoms with Gasteiger partial charge >= 0.3 is 0 Å². The van der Waals surface area contributed by atoms with Crippen LogP contribution in [-0.4, -0.2) is 30.7 Å². The Labute approximate surface area is 207 Å². The fourth-order valence-electron chi connectivity index (χ4n) is 4.05. The smallest absolute Gasteiger partial charge is 0.226 e. The van der Waals surface area contributed by atoms with Crippen LogP contribution in [0, 0.1) is 0 Å². The van der Waals surface area contributed by atoms with Crippen LogP contribution in [-0.2, 0) is 16.4 Å². The lowest BCUT2D eigenvalue weighted by atomic mass is 10.1. The third kappa shape index (κ3) is 4.13. The predicted octanol–water partition coefficient (Wildman–Crippen LogP) is 6.34. The average molecular weight is 511 g/mol. The second kappa shape index (κ2) is 9.29. The zero-order chi connectivity index (χ0) is 23.7. The predicted molar refractivity (Wildman–Crippen MR) is 136 cm³/mol. The van der Waals surface area contributed by atoms with Crippen LogP contribution in [0.5, 0.6) is 5.75 Å². The summed E-state index contributed by atoms with van der Waals surface area (Å²) in [7, 11) is -3.94. The maximum atomic E-state index is 13.9. The van der Waals surface area contributed by atoms with E-state index in [9.17, 15) is 8.42 Å². The number of benzene rings is 4. The molecule has 0 spiro atoms. The molecule has 0 aliphatic carbocycles. The van der Waals surface area contributed by atoms with Crippen molar-refractivity contribution in [1.82, 2.24) is 9.78 Å². The molecule has 0 bridgehead atoms. The summed E-state index contributed by atoms with van der Waals surface area (Å²) < 4.78 is 35.4. The second-order valence-electron chi connectivity index (χ2n) is 7.76. The van der Waals surface area contributed by atoms with Crippen molar-refractivity contribution in [3.63, 3.8) is 0 Å². The molecule has 5 nitrogen and oxygen atoms in total. The molecule has 1 aromatic heterocycles. The summed E-state index contributed by atoms with van der Waals surface area (Å²) in [6.45, 7) is 0.637. The van der Waals surface area contributed by atoms with Gasteiger partial charge in [-0.3, -0.25) is 4.68 Å². The highest BCUT2D eigenvalue weighted by atomic mass is 35.5. The lowest BCUT2D eigenvalue weighted by Gasteiger charge is -2.09. The van der Waals surface area contributed by atoms with Gasteiger partial charge in [0.05, 0.1) is 17.3 Å². The molecule has 0 amide bonds. The van der Waals surface area contributed by atoms with Crippen LogP contribution in [0.3, 0.4) is 0 Å². The van der Waals surface area contributed by atoms with Gasteiger partial charge in [0.1, 0.15) is 17.9 Å². The molecular formula is C26H20Cl2N2O3S. The Balaban J connectivity index is 1.73. The molecule has 0 radical (unpaired) electrons. The minimum absolute atomic E-state index is 0.0101. The third-order valence-corrected chi connectivity index (χ3v) is 7.73. The van der Waals surface area contributed by atoms with E-state index in [0.717, 1.165) is 10.9 Å². The number of alkyl halides is 1. The van der Waals surface area contributed by atoms with Crippen LogP contribution in [0.15, 0.2) is 94.9 Å². The molecule has 0 aliphatic rings. The first-order valence-corrected chi connectivity index (χ1v) is 13.0. The van der Waals surface area contributed by atoms with Gasteiger partial charge in [0.15, 0.2) is 5.03 Å². The van der Waals surface area contributed by atoms with E-state index in [2.05, 4.69) is 5.10 Å². The average Bonchev–Trinajstić information content (AvgIpc) is 3.23. The van der Waals surface area contributed by atoms with Crippen molar-refractivity contribution in [2.75, 3.05) is 12.5 Å². The van der Waals surface area contributed by atoms with Crippen LogP contribution in [0.1, 0.15) is 5.56 Å². The second-order valence-corrected chi connectivity index (χ2v) is 10.4. The fourth-order valence-corrected chi connectivity index (χ4v) is 5.85. The van der Waals surface area contributed by atoms with Gasteiger partial charge in [0.25, 0.3) is 0 Å². The maximum Gasteiger partial charge on any atom is 0.226 e. The van der Waals surface area contributed by atoms with Gasteiger partial charge in [-0.1, -0.05) is 66.2 Å². The number of fused-ring (bicyclic) bond motifs is 2. The molecule has 0 saturated heterocycles. The zero-order valence-corrected chi connectivity index (χ0v) is 20.3. The normalized spacial score (nSPS) is 11.8. The van der Waals surface area contributed by atoms with Crippen molar-refractivity contribution in [2.24, 2.45) is 0 Å².